The quantitative estimate of drug-likeness (QED) is 0.774. The summed E-state index contributed by atoms with van der Waals surface area (Å²) < 4.78 is 0. The van der Waals surface area contributed by atoms with Crippen LogP contribution in [0.2, 0.25) is 0 Å². The Labute approximate surface area is 88.9 Å². The van der Waals surface area contributed by atoms with Crippen LogP contribution in [0.4, 0.5) is 0 Å². The van der Waals surface area contributed by atoms with E-state index in [1.807, 2.05) is 0 Å². The van der Waals surface area contributed by atoms with Crippen molar-refractivity contribution in [1.29, 1.82) is 0 Å². The molecule has 1 saturated heterocycles. The first-order valence-corrected chi connectivity index (χ1v) is 5.96. The summed E-state index contributed by atoms with van der Waals surface area (Å²) in [6.45, 7) is 7.66. The summed E-state index contributed by atoms with van der Waals surface area (Å²) >= 11 is 1.75. The van der Waals surface area contributed by atoms with Gasteiger partial charge >= 0.3 is 0 Å². The lowest BCUT2D eigenvalue weighted by Gasteiger charge is -2.12. The largest absolute Gasteiger partial charge is 0.308 e. The minimum Gasteiger partial charge on any atom is -0.308 e. The molecule has 14 heavy (non-hydrogen) atoms. The standard InChI is InChI=1S/C10H17N3S/c1-10(2,3)9-13-12-8(14-9)7-5-4-6-11-7/h7,11H,4-6H2,1-3H3/t7-/m0/s1. The molecule has 0 amide bonds. The third kappa shape index (κ3) is 1.96. The fourth-order valence-corrected chi connectivity index (χ4v) is 2.58. The molecular weight excluding hydrogens is 194 g/mol. The minimum atomic E-state index is 0.133. The van der Waals surface area contributed by atoms with Crippen LogP contribution in [0.1, 0.15) is 49.7 Å². The minimum absolute atomic E-state index is 0.133. The van der Waals surface area contributed by atoms with Gasteiger partial charge in [-0.1, -0.05) is 32.1 Å². The van der Waals surface area contributed by atoms with Gasteiger partial charge in [0.25, 0.3) is 0 Å². The van der Waals surface area contributed by atoms with E-state index in [1.165, 1.54) is 12.8 Å². The molecule has 1 N–H and O–H groups in total. The van der Waals surface area contributed by atoms with Gasteiger partial charge < -0.3 is 5.32 Å². The van der Waals surface area contributed by atoms with Gasteiger partial charge in [0.05, 0.1) is 6.04 Å². The van der Waals surface area contributed by atoms with E-state index >= 15 is 0 Å². The maximum atomic E-state index is 4.27. The summed E-state index contributed by atoms with van der Waals surface area (Å²) in [5.41, 5.74) is 0.133. The summed E-state index contributed by atoms with van der Waals surface area (Å²) in [4.78, 5) is 0. The van der Waals surface area contributed by atoms with E-state index in [1.54, 1.807) is 11.3 Å². The Kier molecular flexibility index (Phi) is 2.58. The van der Waals surface area contributed by atoms with Crippen LogP contribution in [-0.2, 0) is 5.41 Å². The molecule has 4 heteroatoms. The third-order valence-electron chi connectivity index (χ3n) is 2.44. The van der Waals surface area contributed by atoms with Crippen molar-refractivity contribution >= 4 is 11.3 Å². The molecule has 2 rings (SSSR count). The number of hydrogen-bond donors (Lipinski definition) is 1. The van der Waals surface area contributed by atoms with Crippen molar-refractivity contribution < 1.29 is 0 Å². The first-order valence-electron chi connectivity index (χ1n) is 5.14. The molecule has 0 spiro atoms. The fraction of sp³-hybridized carbons (Fsp3) is 0.800. The maximum absolute atomic E-state index is 4.27. The van der Waals surface area contributed by atoms with Crippen LogP contribution in [0.25, 0.3) is 0 Å². The molecule has 1 atom stereocenters. The lowest BCUT2D eigenvalue weighted by molar-refractivity contribution is 0.575. The van der Waals surface area contributed by atoms with Crippen molar-refractivity contribution in [3.8, 4) is 0 Å². The summed E-state index contributed by atoms with van der Waals surface area (Å²) in [6, 6.07) is 0.462. The van der Waals surface area contributed by atoms with E-state index in [-0.39, 0.29) is 5.41 Å². The second-order valence-electron chi connectivity index (χ2n) is 4.84. The second-order valence-corrected chi connectivity index (χ2v) is 5.85. The van der Waals surface area contributed by atoms with Crippen LogP contribution in [0.15, 0.2) is 0 Å². The number of nitrogens with one attached hydrogen (secondary N) is 1. The number of aromatic nitrogens is 2. The van der Waals surface area contributed by atoms with E-state index in [0.29, 0.717) is 6.04 Å². The van der Waals surface area contributed by atoms with Crippen LogP contribution in [0.5, 0.6) is 0 Å². The van der Waals surface area contributed by atoms with Gasteiger partial charge in [-0.25, -0.2) is 0 Å². The molecule has 78 valence electrons. The molecule has 0 aromatic carbocycles. The van der Waals surface area contributed by atoms with Crippen molar-refractivity contribution in [3.63, 3.8) is 0 Å². The van der Waals surface area contributed by atoms with Crippen LogP contribution in [0, 0.1) is 0 Å². The zero-order chi connectivity index (χ0) is 10.2. The lowest BCUT2D eigenvalue weighted by atomic mass is 9.98. The lowest BCUT2D eigenvalue weighted by Crippen LogP contribution is -2.12. The van der Waals surface area contributed by atoms with Crippen LogP contribution >= 0.6 is 11.3 Å². The van der Waals surface area contributed by atoms with Crippen LogP contribution in [0.3, 0.4) is 0 Å². The first kappa shape index (κ1) is 10.1. The Bertz CT molecular complexity index is 307. The van der Waals surface area contributed by atoms with E-state index in [9.17, 15) is 0 Å². The van der Waals surface area contributed by atoms with Crippen LogP contribution < -0.4 is 5.32 Å². The van der Waals surface area contributed by atoms with Crippen molar-refractivity contribution in [2.45, 2.75) is 45.1 Å². The van der Waals surface area contributed by atoms with Gasteiger partial charge in [0.2, 0.25) is 0 Å². The molecule has 0 radical (unpaired) electrons. The highest BCUT2D eigenvalue weighted by Gasteiger charge is 2.24. The Morgan fingerprint density at radius 2 is 2.14 bits per heavy atom. The predicted octanol–water partition coefficient (Wildman–Crippen LogP) is 2.26. The molecule has 0 bridgehead atoms. The van der Waals surface area contributed by atoms with Crippen LogP contribution in [-0.4, -0.2) is 16.7 Å². The molecular formula is C10H17N3S. The van der Waals surface area contributed by atoms with Gasteiger partial charge in [-0.3, -0.25) is 0 Å². The molecule has 1 aromatic rings. The van der Waals surface area contributed by atoms with Gasteiger partial charge in [-0.2, -0.15) is 0 Å². The van der Waals surface area contributed by atoms with Gasteiger partial charge in [0.15, 0.2) is 0 Å². The molecule has 1 fully saturated rings. The summed E-state index contributed by atoms with van der Waals surface area (Å²) in [5.74, 6) is 0. The average molecular weight is 211 g/mol. The SMILES string of the molecule is CC(C)(C)c1nnc([C@@H]2CCCN2)s1. The molecule has 2 heterocycles. The molecule has 1 aromatic heterocycles. The number of rotatable bonds is 1. The molecule has 0 unspecified atom stereocenters. The molecule has 3 nitrogen and oxygen atoms in total. The highest BCUT2D eigenvalue weighted by Crippen LogP contribution is 2.30. The summed E-state index contributed by atoms with van der Waals surface area (Å²) in [5, 5.41) is 14.3. The van der Waals surface area contributed by atoms with E-state index in [4.69, 9.17) is 0 Å². The number of nitrogens with zero attached hydrogens (tertiary/aromatic N) is 2. The molecule has 1 aliphatic heterocycles. The zero-order valence-electron chi connectivity index (χ0n) is 9.00. The normalized spacial score (nSPS) is 22.9. The highest BCUT2D eigenvalue weighted by atomic mass is 32.1. The Morgan fingerprint density at radius 1 is 1.36 bits per heavy atom. The monoisotopic (exact) mass is 211 g/mol. The van der Waals surface area contributed by atoms with E-state index < -0.39 is 0 Å². The van der Waals surface area contributed by atoms with Crippen molar-refractivity contribution in [1.82, 2.24) is 15.5 Å². The second kappa shape index (κ2) is 3.59. The van der Waals surface area contributed by atoms with Gasteiger partial charge in [0.1, 0.15) is 10.0 Å². The average Bonchev–Trinajstić information content (AvgIpc) is 2.73. The maximum Gasteiger partial charge on any atom is 0.134 e. The topological polar surface area (TPSA) is 37.8 Å². The van der Waals surface area contributed by atoms with Gasteiger partial charge in [-0.15, -0.1) is 10.2 Å². The zero-order valence-corrected chi connectivity index (χ0v) is 9.82. The van der Waals surface area contributed by atoms with Gasteiger partial charge in [-0.05, 0) is 19.4 Å². The predicted molar refractivity (Wildman–Crippen MR) is 58.6 cm³/mol. The Balaban J connectivity index is 2.17. The fourth-order valence-electron chi connectivity index (χ4n) is 1.57. The van der Waals surface area contributed by atoms with Crippen molar-refractivity contribution in [2.75, 3.05) is 6.54 Å². The van der Waals surface area contributed by atoms with E-state index in [2.05, 4.69) is 36.3 Å². The van der Waals surface area contributed by atoms with Crippen molar-refractivity contribution in [3.05, 3.63) is 10.0 Å². The number of hydrogen-bond acceptors (Lipinski definition) is 4. The van der Waals surface area contributed by atoms with Gasteiger partial charge in [0, 0.05) is 5.41 Å². The third-order valence-corrected chi connectivity index (χ3v) is 3.90. The molecule has 0 aliphatic carbocycles. The van der Waals surface area contributed by atoms with Crippen molar-refractivity contribution in [2.24, 2.45) is 0 Å². The molecule has 0 saturated carbocycles. The van der Waals surface area contributed by atoms with E-state index in [0.717, 1.165) is 16.6 Å². The summed E-state index contributed by atoms with van der Waals surface area (Å²) in [7, 11) is 0. The Hall–Kier alpha value is -0.480. The smallest absolute Gasteiger partial charge is 0.134 e. The highest BCUT2D eigenvalue weighted by molar-refractivity contribution is 7.11. The summed E-state index contributed by atoms with van der Waals surface area (Å²) in [6.07, 6.45) is 2.47. The first-order chi connectivity index (χ1) is 6.57. The molecule has 1 aliphatic rings. The Morgan fingerprint density at radius 3 is 2.64 bits per heavy atom.